The van der Waals surface area contributed by atoms with Gasteiger partial charge < -0.3 is 4.74 Å². The molecule has 1 rings (SSSR count). The quantitative estimate of drug-likeness (QED) is 0.523. The Kier molecular flexibility index (Phi) is 2.44. The zero-order valence-corrected chi connectivity index (χ0v) is 6.91. The van der Waals surface area contributed by atoms with Gasteiger partial charge in [0.05, 0.1) is 18.2 Å². The van der Waals surface area contributed by atoms with Crippen molar-refractivity contribution in [1.82, 2.24) is 4.98 Å². The van der Waals surface area contributed by atoms with E-state index in [0.29, 0.717) is 0 Å². The van der Waals surface area contributed by atoms with Crippen LogP contribution in [-0.2, 0) is 0 Å². The number of hydrogen-bond acceptors (Lipinski definition) is 4. The molecule has 0 saturated carbocycles. The highest BCUT2D eigenvalue weighted by molar-refractivity contribution is 6.34. The molecule has 6 heteroatoms. The van der Waals surface area contributed by atoms with Crippen LogP contribution in [0.3, 0.4) is 0 Å². The molecule has 0 fully saturated rings. The average molecular weight is 189 g/mol. The van der Waals surface area contributed by atoms with Gasteiger partial charge in [0.25, 0.3) is 0 Å². The molecule has 64 valence electrons. The van der Waals surface area contributed by atoms with Crippen LogP contribution >= 0.6 is 11.6 Å². The summed E-state index contributed by atoms with van der Waals surface area (Å²) in [6, 6.07) is 0. The van der Waals surface area contributed by atoms with E-state index in [2.05, 4.69) is 4.98 Å². The van der Waals surface area contributed by atoms with Gasteiger partial charge in [0.1, 0.15) is 6.20 Å². The third kappa shape index (κ3) is 1.45. The van der Waals surface area contributed by atoms with Crippen molar-refractivity contribution >= 4 is 17.3 Å². The van der Waals surface area contributed by atoms with Crippen molar-refractivity contribution in [3.63, 3.8) is 0 Å². The maximum absolute atomic E-state index is 10.3. The lowest BCUT2D eigenvalue weighted by molar-refractivity contribution is -0.385. The Hall–Kier alpha value is -1.36. The summed E-state index contributed by atoms with van der Waals surface area (Å²) in [5.41, 5.74) is -0.254. The molecule has 1 aromatic rings. The second-order valence-electron chi connectivity index (χ2n) is 1.93. The summed E-state index contributed by atoms with van der Waals surface area (Å²) >= 11 is 5.60. The van der Waals surface area contributed by atoms with Crippen molar-refractivity contribution in [2.45, 2.75) is 0 Å². The minimum atomic E-state index is -0.613. The zero-order valence-electron chi connectivity index (χ0n) is 6.15. The Morgan fingerprint density at radius 2 is 2.33 bits per heavy atom. The predicted molar refractivity (Wildman–Crippen MR) is 42.5 cm³/mol. The molecule has 0 spiro atoms. The molecule has 5 nitrogen and oxygen atoms in total. The summed E-state index contributed by atoms with van der Waals surface area (Å²) in [6.45, 7) is 0. The normalized spacial score (nSPS) is 9.50. The molecule has 0 amide bonds. The smallest absolute Gasteiger partial charge is 0.309 e. The molecule has 1 heterocycles. The third-order valence-corrected chi connectivity index (χ3v) is 1.63. The van der Waals surface area contributed by atoms with Crippen molar-refractivity contribution in [1.29, 1.82) is 0 Å². The summed E-state index contributed by atoms with van der Waals surface area (Å²) in [4.78, 5) is 13.3. The van der Waals surface area contributed by atoms with Gasteiger partial charge in [-0.05, 0) is 0 Å². The van der Waals surface area contributed by atoms with E-state index in [9.17, 15) is 10.1 Å². The highest BCUT2D eigenvalue weighted by atomic mass is 35.5. The largest absolute Gasteiger partial charge is 0.493 e. The van der Waals surface area contributed by atoms with E-state index in [0.717, 1.165) is 6.20 Å². The van der Waals surface area contributed by atoms with E-state index in [4.69, 9.17) is 16.3 Å². The Morgan fingerprint density at radius 1 is 1.67 bits per heavy atom. The van der Waals surface area contributed by atoms with Crippen LogP contribution in [-0.4, -0.2) is 17.0 Å². The molecule has 0 aliphatic rings. The molecule has 0 aliphatic heterocycles. The molecule has 0 N–H and O–H groups in total. The number of ether oxygens (including phenoxy) is 1. The van der Waals surface area contributed by atoms with Crippen molar-refractivity contribution in [2.24, 2.45) is 0 Å². The van der Waals surface area contributed by atoms with Crippen LogP contribution in [0.1, 0.15) is 0 Å². The van der Waals surface area contributed by atoms with E-state index in [-0.39, 0.29) is 16.5 Å². The summed E-state index contributed by atoms with van der Waals surface area (Å²) in [7, 11) is 1.37. The lowest BCUT2D eigenvalue weighted by Gasteiger charge is -2.00. The second kappa shape index (κ2) is 3.36. The third-order valence-electron chi connectivity index (χ3n) is 1.25. The van der Waals surface area contributed by atoms with Gasteiger partial charge in [-0.25, -0.2) is 0 Å². The van der Waals surface area contributed by atoms with Gasteiger partial charge in [0, 0.05) is 0 Å². The SMILES string of the molecule is COc1cncc([N+](=O)[O-])c1Cl. The van der Waals surface area contributed by atoms with Crippen LogP contribution in [0.15, 0.2) is 12.4 Å². The summed E-state index contributed by atoms with van der Waals surface area (Å²) < 4.78 is 4.74. The Bertz CT molecular complexity index is 316. The zero-order chi connectivity index (χ0) is 9.14. The fraction of sp³-hybridized carbons (Fsp3) is 0.167. The van der Waals surface area contributed by atoms with Crippen LogP contribution in [0.4, 0.5) is 5.69 Å². The maximum Gasteiger partial charge on any atom is 0.309 e. The number of nitro groups is 1. The number of halogens is 1. The van der Waals surface area contributed by atoms with Crippen molar-refractivity contribution in [3.05, 3.63) is 27.5 Å². The van der Waals surface area contributed by atoms with Crippen LogP contribution in [0.5, 0.6) is 5.75 Å². The molecule has 0 atom stereocenters. The predicted octanol–water partition coefficient (Wildman–Crippen LogP) is 1.65. The van der Waals surface area contributed by atoms with Crippen LogP contribution in [0.2, 0.25) is 5.02 Å². The molecular formula is C6H5ClN2O3. The monoisotopic (exact) mass is 188 g/mol. The van der Waals surface area contributed by atoms with Gasteiger partial charge in [0.15, 0.2) is 10.8 Å². The minimum Gasteiger partial charge on any atom is -0.493 e. The van der Waals surface area contributed by atoms with Gasteiger partial charge in [-0.2, -0.15) is 0 Å². The maximum atomic E-state index is 10.3. The van der Waals surface area contributed by atoms with Gasteiger partial charge in [-0.3, -0.25) is 15.1 Å². The lowest BCUT2D eigenvalue weighted by atomic mass is 10.4. The van der Waals surface area contributed by atoms with E-state index in [1.807, 2.05) is 0 Å². The number of hydrogen-bond donors (Lipinski definition) is 0. The van der Waals surface area contributed by atoms with Crippen LogP contribution in [0, 0.1) is 10.1 Å². The molecule has 0 radical (unpaired) electrons. The number of nitrogens with zero attached hydrogens (tertiary/aromatic N) is 2. The molecule has 0 aromatic carbocycles. The van der Waals surface area contributed by atoms with E-state index >= 15 is 0 Å². The van der Waals surface area contributed by atoms with Crippen molar-refractivity contribution in [3.8, 4) is 5.75 Å². The molecule has 0 saturated heterocycles. The summed E-state index contributed by atoms with van der Waals surface area (Å²) in [5, 5.41) is 10.3. The molecule has 0 bridgehead atoms. The fourth-order valence-electron chi connectivity index (χ4n) is 0.685. The number of aromatic nitrogens is 1. The first-order valence-electron chi connectivity index (χ1n) is 2.98. The molecule has 0 unspecified atom stereocenters. The summed E-state index contributed by atoms with van der Waals surface area (Å²) in [6.07, 6.45) is 2.39. The summed E-state index contributed by atoms with van der Waals surface area (Å²) in [5.74, 6) is 0.200. The van der Waals surface area contributed by atoms with Gasteiger partial charge in [-0.1, -0.05) is 11.6 Å². The highest BCUT2D eigenvalue weighted by Gasteiger charge is 2.16. The average Bonchev–Trinajstić information content (AvgIpc) is 2.04. The van der Waals surface area contributed by atoms with Crippen molar-refractivity contribution < 1.29 is 9.66 Å². The molecular weight excluding hydrogens is 184 g/mol. The van der Waals surface area contributed by atoms with Crippen LogP contribution < -0.4 is 4.74 Å². The van der Waals surface area contributed by atoms with E-state index in [1.54, 1.807) is 0 Å². The Labute approximate surface area is 73.1 Å². The van der Waals surface area contributed by atoms with E-state index in [1.165, 1.54) is 13.3 Å². The van der Waals surface area contributed by atoms with Gasteiger partial charge in [0.2, 0.25) is 0 Å². The van der Waals surface area contributed by atoms with Gasteiger partial charge in [-0.15, -0.1) is 0 Å². The number of rotatable bonds is 2. The molecule has 1 aromatic heterocycles. The Balaban J connectivity index is 3.23. The minimum absolute atomic E-state index is 0.0301. The second-order valence-corrected chi connectivity index (χ2v) is 2.31. The Morgan fingerprint density at radius 3 is 2.83 bits per heavy atom. The van der Waals surface area contributed by atoms with Gasteiger partial charge >= 0.3 is 5.69 Å². The van der Waals surface area contributed by atoms with Crippen molar-refractivity contribution in [2.75, 3.05) is 7.11 Å². The van der Waals surface area contributed by atoms with Crippen LogP contribution in [0.25, 0.3) is 0 Å². The standard InChI is InChI=1S/C6H5ClN2O3/c1-12-5-3-8-2-4(6(5)7)9(10)11/h2-3H,1H3. The lowest BCUT2D eigenvalue weighted by Crippen LogP contribution is -1.93. The first-order chi connectivity index (χ1) is 5.66. The number of methoxy groups -OCH3 is 1. The first-order valence-corrected chi connectivity index (χ1v) is 3.36. The first kappa shape index (κ1) is 8.73. The molecule has 12 heavy (non-hydrogen) atoms. The molecule has 0 aliphatic carbocycles. The topological polar surface area (TPSA) is 65.3 Å². The highest BCUT2D eigenvalue weighted by Crippen LogP contribution is 2.31. The fourth-order valence-corrected chi connectivity index (χ4v) is 0.928. The number of pyridine rings is 1. The van der Waals surface area contributed by atoms with E-state index < -0.39 is 4.92 Å².